The van der Waals surface area contributed by atoms with Gasteiger partial charge in [0.05, 0.1) is 12.7 Å². The van der Waals surface area contributed by atoms with Crippen molar-refractivity contribution < 1.29 is 23.9 Å². The standard InChI is InChI=1S/C22H28N4O5S/c1-2-30-17-7-5-16(6-8-17)26(15-20(28)24-14-18-4-3-12-31-18)21(29)10-9-19(27)25-22-23-11-13-32-22/h5-8,11,13,18H,2-4,9-10,12,14-15H2,1H3,(H,24,28)(H,23,25,27)/t18-/m0/s1. The molecule has 10 heteroatoms. The number of amides is 3. The molecule has 1 aromatic heterocycles. The van der Waals surface area contributed by atoms with Crippen LogP contribution in [0.15, 0.2) is 35.8 Å². The number of aromatic nitrogens is 1. The van der Waals surface area contributed by atoms with Crippen LogP contribution in [0.5, 0.6) is 5.75 Å². The molecule has 2 N–H and O–H groups in total. The maximum Gasteiger partial charge on any atom is 0.240 e. The van der Waals surface area contributed by atoms with Crippen LogP contribution in [0.4, 0.5) is 10.8 Å². The molecule has 9 nitrogen and oxygen atoms in total. The SMILES string of the molecule is CCOc1ccc(N(CC(=O)NC[C@@H]2CCCO2)C(=O)CCC(=O)Nc2nccs2)cc1. The molecule has 3 rings (SSSR count). The van der Waals surface area contributed by atoms with E-state index in [4.69, 9.17) is 9.47 Å². The fourth-order valence-corrected chi connectivity index (χ4v) is 3.81. The summed E-state index contributed by atoms with van der Waals surface area (Å²) in [6.45, 7) is 3.40. The lowest BCUT2D eigenvalue weighted by atomic mass is 10.2. The van der Waals surface area contributed by atoms with Gasteiger partial charge in [-0.25, -0.2) is 4.98 Å². The molecule has 32 heavy (non-hydrogen) atoms. The van der Waals surface area contributed by atoms with Crippen molar-refractivity contribution in [2.45, 2.75) is 38.7 Å². The first-order valence-electron chi connectivity index (χ1n) is 10.7. The molecular weight excluding hydrogens is 432 g/mol. The van der Waals surface area contributed by atoms with E-state index in [0.29, 0.717) is 36.3 Å². The molecule has 2 heterocycles. The Labute approximate surface area is 191 Å². The van der Waals surface area contributed by atoms with Crippen molar-refractivity contribution in [3.05, 3.63) is 35.8 Å². The minimum absolute atomic E-state index is 0.0104. The summed E-state index contributed by atoms with van der Waals surface area (Å²) in [5.41, 5.74) is 0.561. The zero-order valence-corrected chi connectivity index (χ0v) is 18.9. The first-order valence-corrected chi connectivity index (χ1v) is 11.5. The summed E-state index contributed by atoms with van der Waals surface area (Å²) in [5.74, 6) is -0.234. The van der Waals surface area contributed by atoms with Crippen molar-refractivity contribution in [3.63, 3.8) is 0 Å². The molecule has 1 aliphatic rings. The second-order valence-electron chi connectivity index (χ2n) is 7.23. The number of carbonyl (C=O) groups is 3. The minimum atomic E-state index is -0.323. The monoisotopic (exact) mass is 460 g/mol. The Morgan fingerprint density at radius 1 is 1.22 bits per heavy atom. The maximum absolute atomic E-state index is 13.0. The third kappa shape index (κ3) is 7.31. The molecule has 3 amide bonds. The zero-order valence-electron chi connectivity index (χ0n) is 18.0. The Hall–Kier alpha value is -2.98. The van der Waals surface area contributed by atoms with Gasteiger partial charge in [-0.1, -0.05) is 0 Å². The van der Waals surface area contributed by atoms with Gasteiger partial charge in [-0.2, -0.15) is 0 Å². The van der Waals surface area contributed by atoms with E-state index >= 15 is 0 Å². The van der Waals surface area contributed by atoms with Crippen molar-refractivity contribution in [2.75, 3.05) is 36.5 Å². The van der Waals surface area contributed by atoms with E-state index in [2.05, 4.69) is 15.6 Å². The average molecular weight is 461 g/mol. The van der Waals surface area contributed by atoms with Gasteiger partial charge >= 0.3 is 0 Å². The van der Waals surface area contributed by atoms with Crippen molar-refractivity contribution in [3.8, 4) is 5.75 Å². The predicted molar refractivity (Wildman–Crippen MR) is 122 cm³/mol. The van der Waals surface area contributed by atoms with E-state index in [9.17, 15) is 14.4 Å². The molecule has 0 spiro atoms. The van der Waals surface area contributed by atoms with Gasteiger partial charge in [0.1, 0.15) is 12.3 Å². The number of ether oxygens (including phenoxy) is 2. The van der Waals surface area contributed by atoms with Crippen LogP contribution in [-0.4, -0.2) is 55.1 Å². The fraction of sp³-hybridized carbons (Fsp3) is 0.455. The largest absolute Gasteiger partial charge is 0.494 e. The smallest absolute Gasteiger partial charge is 0.240 e. The Morgan fingerprint density at radius 3 is 2.69 bits per heavy atom. The van der Waals surface area contributed by atoms with Gasteiger partial charge < -0.3 is 25.0 Å². The number of nitrogens with zero attached hydrogens (tertiary/aromatic N) is 2. The van der Waals surface area contributed by atoms with Crippen molar-refractivity contribution in [2.24, 2.45) is 0 Å². The number of carbonyl (C=O) groups excluding carboxylic acids is 3. The second kappa shape index (κ2) is 12.2. The summed E-state index contributed by atoms with van der Waals surface area (Å²) in [6.07, 6.45) is 3.46. The van der Waals surface area contributed by atoms with E-state index in [1.165, 1.54) is 16.2 Å². The highest BCUT2D eigenvalue weighted by molar-refractivity contribution is 7.13. The highest BCUT2D eigenvalue weighted by atomic mass is 32.1. The van der Waals surface area contributed by atoms with Crippen molar-refractivity contribution in [1.29, 1.82) is 0 Å². The van der Waals surface area contributed by atoms with Gasteiger partial charge in [0.15, 0.2) is 5.13 Å². The van der Waals surface area contributed by atoms with Crippen molar-refractivity contribution in [1.82, 2.24) is 10.3 Å². The maximum atomic E-state index is 13.0. The topological polar surface area (TPSA) is 110 Å². The summed E-state index contributed by atoms with van der Waals surface area (Å²) >= 11 is 1.30. The third-order valence-electron chi connectivity index (χ3n) is 4.86. The average Bonchev–Trinajstić information content (AvgIpc) is 3.50. The van der Waals surface area contributed by atoms with Gasteiger partial charge in [0.2, 0.25) is 17.7 Å². The molecule has 0 unspecified atom stereocenters. The molecule has 1 aliphatic heterocycles. The lowest BCUT2D eigenvalue weighted by Gasteiger charge is -2.23. The molecule has 1 saturated heterocycles. The van der Waals surface area contributed by atoms with Gasteiger partial charge in [0.25, 0.3) is 0 Å². The van der Waals surface area contributed by atoms with E-state index in [1.54, 1.807) is 35.8 Å². The van der Waals surface area contributed by atoms with E-state index in [-0.39, 0.29) is 43.2 Å². The lowest BCUT2D eigenvalue weighted by Crippen LogP contribution is -2.43. The normalized spacial score (nSPS) is 15.2. The van der Waals surface area contributed by atoms with Gasteiger partial charge in [-0.15, -0.1) is 11.3 Å². The van der Waals surface area contributed by atoms with E-state index in [1.807, 2.05) is 6.92 Å². The van der Waals surface area contributed by atoms with Crippen LogP contribution >= 0.6 is 11.3 Å². The molecule has 0 aliphatic carbocycles. The van der Waals surface area contributed by atoms with Crippen molar-refractivity contribution >= 4 is 39.9 Å². The van der Waals surface area contributed by atoms with E-state index in [0.717, 1.165) is 12.8 Å². The Kier molecular flexibility index (Phi) is 9.00. The molecule has 1 fully saturated rings. The number of thiazole rings is 1. The van der Waals surface area contributed by atoms with Crippen LogP contribution in [0.3, 0.4) is 0 Å². The predicted octanol–water partition coefficient (Wildman–Crippen LogP) is 2.59. The quantitative estimate of drug-likeness (QED) is 0.533. The molecule has 0 bridgehead atoms. The van der Waals surface area contributed by atoms with Crippen LogP contribution in [0.25, 0.3) is 0 Å². The molecule has 1 atom stereocenters. The van der Waals surface area contributed by atoms with Crippen LogP contribution < -0.4 is 20.3 Å². The van der Waals surface area contributed by atoms with Gasteiger partial charge in [0, 0.05) is 43.3 Å². The van der Waals surface area contributed by atoms with Gasteiger partial charge in [-0.3, -0.25) is 14.4 Å². The number of anilines is 2. The first-order chi connectivity index (χ1) is 15.5. The fourth-order valence-electron chi connectivity index (χ4n) is 3.27. The van der Waals surface area contributed by atoms with Crippen LogP contribution in [0.2, 0.25) is 0 Å². The molecule has 172 valence electrons. The summed E-state index contributed by atoms with van der Waals surface area (Å²) in [6, 6.07) is 6.95. The third-order valence-corrected chi connectivity index (χ3v) is 5.55. The number of rotatable bonds is 11. The zero-order chi connectivity index (χ0) is 22.8. The highest BCUT2D eigenvalue weighted by Crippen LogP contribution is 2.21. The van der Waals surface area contributed by atoms with E-state index < -0.39 is 0 Å². The Balaban J connectivity index is 1.60. The van der Waals surface area contributed by atoms with Crippen LogP contribution in [0, 0.1) is 0 Å². The number of benzene rings is 1. The second-order valence-corrected chi connectivity index (χ2v) is 8.13. The summed E-state index contributed by atoms with van der Waals surface area (Å²) in [4.78, 5) is 43.0. The lowest BCUT2D eigenvalue weighted by molar-refractivity contribution is -0.125. The molecular formula is C22H28N4O5S. The number of hydrogen-bond acceptors (Lipinski definition) is 7. The molecule has 2 aromatic rings. The minimum Gasteiger partial charge on any atom is -0.494 e. The van der Waals surface area contributed by atoms with Crippen LogP contribution in [-0.2, 0) is 19.1 Å². The Bertz CT molecular complexity index is 882. The molecule has 0 saturated carbocycles. The summed E-state index contributed by atoms with van der Waals surface area (Å²) < 4.78 is 11.0. The summed E-state index contributed by atoms with van der Waals surface area (Å²) in [7, 11) is 0. The van der Waals surface area contributed by atoms with Gasteiger partial charge in [-0.05, 0) is 44.0 Å². The first kappa shape index (κ1) is 23.7. The highest BCUT2D eigenvalue weighted by Gasteiger charge is 2.22. The number of nitrogens with one attached hydrogen (secondary N) is 2. The Morgan fingerprint density at radius 2 is 2.03 bits per heavy atom. The molecule has 1 aromatic carbocycles. The van der Waals surface area contributed by atoms with Crippen LogP contribution in [0.1, 0.15) is 32.6 Å². The molecule has 0 radical (unpaired) electrons. The number of hydrogen-bond donors (Lipinski definition) is 2. The summed E-state index contributed by atoms with van der Waals surface area (Å²) in [5, 5.41) is 7.73.